The number of aromatic nitrogens is 2. The molecule has 3 heterocycles. The van der Waals surface area contributed by atoms with Crippen molar-refractivity contribution in [2.75, 3.05) is 30.3 Å². The lowest BCUT2D eigenvalue weighted by Gasteiger charge is -2.25. The number of hydrogen-bond donors (Lipinski definition) is 3. The summed E-state index contributed by atoms with van der Waals surface area (Å²) in [6.45, 7) is 11.1. The Bertz CT molecular complexity index is 1720. The van der Waals surface area contributed by atoms with Crippen LogP contribution in [0.3, 0.4) is 0 Å². The van der Waals surface area contributed by atoms with Gasteiger partial charge in [0.15, 0.2) is 5.75 Å². The molecule has 3 N–H and O–H groups in total. The molecule has 0 aliphatic carbocycles. The molecule has 1 saturated heterocycles. The Balaban J connectivity index is 0.000000363. The number of allylic oxidation sites excluding steroid dienone is 2. The Morgan fingerprint density at radius 3 is 2.52 bits per heavy atom. The number of amides is 2. The highest BCUT2D eigenvalue weighted by molar-refractivity contribution is 6.31. The van der Waals surface area contributed by atoms with E-state index in [0.717, 1.165) is 37.6 Å². The molecule has 266 valence electrons. The van der Waals surface area contributed by atoms with Crippen LogP contribution in [0.15, 0.2) is 85.7 Å². The van der Waals surface area contributed by atoms with E-state index < -0.39 is 23.6 Å². The van der Waals surface area contributed by atoms with Gasteiger partial charge < -0.3 is 30.2 Å². The molecule has 0 unspecified atom stereocenters. The van der Waals surface area contributed by atoms with Crippen LogP contribution >= 0.6 is 11.6 Å². The van der Waals surface area contributed by atoms with Gasteiger partial charge in [-0.15, -0.1) is 13.2 Å². The third kappa shape index (κ3) is 12.1. The molecule has 0 radical (unpaired) electrons. The molecular weight excluding hydrogens is 677 g/mol. The molecule has 15 heteroatoms. The first-order valence-electron chi connectivity index (χ1n) is 15.6. The van der Waals surface area contributed by atoms with E-state index in [1.54, 1.807) is 36.5 Å². The van der Waals surface area contributed by atoms with E-state index in [1.807, 2.05) is 39.0 Å². The standard InChI is InChI=1S/C25H23ClF3N5O3.C10H15NO2/c1-2-22(35)32-17-4-3-5-18(13-17)36-23-19(26)14-31-24(34-23)33-20-7-6-16(15-8-10-30-11-9-15)12-21(20)37-25(27,28)29;1-10(2,3)13-9(12)11-7-5-4-6-8-11/h2-7,12-15,30H,1,8-11H2,(H,32,35)(H,31,33,34);4-7H,8H2,1-3H3. The highest BCUT2D eigenvalue weighted by Gasteiger charge is 2.33. The number of nitrogens with zero attached hydrogens (tertiary/aromatic N) is 3. The summed E-state index contributed by atoms with van der Waals surface area (Å²) < 4.78 is 54.7. The summed E-state index contributed by atoms with van der Waals surface area (Å²) in [6.07, 6.45) is 6.17. The van der Waals surface area contributed by atoms with Crippen LogP contribution in [0.25, 0.3) is 0 Å². The molecular formula is C35H38ClF3N6O5. The zero-order valence-corrected chi connectivity index (χ0v) is 28.5. The van der Waals surface area contributed by atoms with Crippen molar-refractivity contribution in [3.63, 3.8) is 0 Å². The monoisotopic (exact) mass is 714 g/mol. The molecule has 2 aliphatic rings. The zero-order valence-electron chi connectivity index (χ0n) is 27.7. The second-order valence-corrected chi connectivity index (χ2v) is 12.4. The lowest BCUT2D eigenvalue weighted by Crippen LogP contribution is -2.34. The molecule has 0 saturated carbocycles. The van der Waals surface area contributed by atoms with Crippen LogP contribution in [0.4, 0.5) is 35.3 Å². The summed E-state index contributed by atoms with van der Waals surface area (Å²) in [5, 5.41) is 8.67. The van der Waals surface area contributed by atoms with Crippen LogP contribution in [0.1, 0.15) is 45.1 Å². The van der Waals surface area contributed by atoms with Gasteiger partial charge in [-0.2, -0.15) is 4.98 Å². The topological polar surface area (TPSA) is 127 Å². The summed E-state index contributed by atoms with van der Waals surface area (Å²) in [6, 6.07) is 11.1. The Labute approximate surface area is 293 Å². The van der Waals surface area contributed by atoms with E-state index in [0.29, 0.717) is 18.0 Å². The maximum Gasteiger partial charge on any atom is 0.573 e. The number of ether oxygens (including phenoxy) is 3. The van der Waals surface area contributed by atoms with Crippen molar-refractivity contribution >= 4 is 40.9 Å². The molecule has 1 aromatic heterocycles. The number of benzene rings is 2. The number of piperidine rings is 1. The quantitative estimate of drug-likeness (QED) is 0.197. The number of nitrogens with one attached hydrogen (secondary N) is 3. The molecule has 2 amide bonds. The molecule has 1 fully saturated rings. The van der Waals surface area contributed by atoms with Gasteiger partial charge in [-0.1, -0.05) is 42.5 Å². The molecule has 2 aromatic carbocycles. The average molecular weight is 715 g/mol. The van der Waals surface area contributed by atoms with Gasteiger partial charge in [-0.25, -0.2) is 9.78 Å². The van der Waals surface area contributed by atoms with Gasteiger partial charge in [-0.05, 0) is 94.6 Å². The number of carbonyl (C=O) groups excluding carboxylic acids is 2. The molecule has 0 bridgehead atoms. The minimum absolute atomic E-state index is 0.0254. The molecule has 2 aliphatic heterocycles. The Hall–Kier alpha value is -5.08. The fourth-order valence-corrected chi connectivity index (χ4v) is 4.86. The Morgan fingerprint density at radius 2 is 1.86 bits per heavy atom. The summed E-state index contributed by atoms with van der Waals surface area (Å²) in [4.78, 5) is 32.8. The van der Waals surface area contributed by atoms with Crippen molar-refractivity contribution in [1.82, 2.24) is 20.2 Å². The van der Waals surface area contributed by atoms with Crippen molar-refractivity contribution in [1.29, 1.82) is 0 Å². The third-order valence-electron chi connectivity index (χ3n) is 6.95. The van der Waals surface area contributed by atoms with Gasteiger partial charge in [0.1, 0.15) is 16.4 Å². The fraction of sp³-hybridized carbons (Fsp3) is 0.314. The number of hydrogen-bond acceptors (Lipinski definition) is 9. The summed E-state index contributed by atoms with van der Waals surface area (Å²) in [7, 11) is 0. The number of halogens is 4. The molecule has 50 heavy (non-hydrogen) atoms. The van der Waals surface area contributed by atoms with Crippen LogP contribution in [0.5, 0.6) is 17.4 Å². The molecule has 3 aromatic rings. The van der Waals surface area contributed by atoms with E-state index in [2.05, 4.69) is 37.2 Å². The number of rotatable bonds is 8. The van der Waals surface area contributed by atoms with Gasteiger partial charge in [0.2, 0.25) is 17.7 Å². The summed E-state index contributed by atoms with van der Waals surface area (Å²) in [5.74, 6) is -0.458. The first kappa shape index (κ1) is 37.7. The van der Waals surface area contributed by atoms with Crippen molar-refractivity contribution in [2.24, 2.45) is 0 Å². The maximum atomic E-state index is 13.2. The van der Waals surface area contributed by atoms with Crippen molar-refractivity contribution in [2.45, 2.75) is 51.5 Å². The van der Waals surface area contributed by atoms with E-state index in [1.165, 1.54) is 23.2 Å². The Kier molecular flexibility index (Phi) is 12.9. The van der Waals surface area contributed by atoms with Crippen molar-refractivity contribution in [3.8, 4) is 17.4 Å². The first-order chi connectivity index (χ1) is 23.7. The lowest BCUT2D eigenvalue weighted by atomic mass is 9.90. The van der Waals surface area contributed by atoms with E-state index in [9.17, 15) is 22.8 Å². The molecule has 0 atom stereocenters. The van der Waals surface area contributed by atoms with E-state index >= 15 is 0 Å². The minimum Gasteiger partial charge on any atom is -0.443 e. The average Bonchev–Trinajstić information content (AvgIpc) is 3.07. The van der Waals surface area contributed by atoms with Crippen LogP contribution in [0.2, 0.25) is 5.02 Å². The van der Waals surface area contributed by atoms with Crippen LogP contribution in [-0.4, -0.2) is 58.5 Å². The maximum absolute atomic E-state index is 13.2. The number of carbonyl (C=O) groups is 2. The second kappa shape index (κ2) is 17.0. The minimum atomic E-state index is -4.88. The normalized spacial score (nSPS) is 14.6. The largest absolute Gasteiger partial charge is 0.573 e. The lowest BCUT2D eigenvalue weighted by molar-refractivity contribution is -0.274. The van der Waals surface area contributed by atoms with Gasteiger partial charge in [0.25, 0.3) is 0 Å². The van der Waals surface area contributed by atoms with Crippen molar-refractivity contribution in [3.05, 3.63) is 96.3 Å². The van der Waals surface area contributed by atoms with Gasteiger partial charge in [0.05, 0.1) is 11.9 Å². The third-order valence-corrected chi connectivity index (χ3v) is 7.20. The fourth-order valence-electron chi connectivity index (χ4n) is 4.73. The predicted molar refractivity (Wildman–Crippen MR) is 185 cm³/mol. The van der Waals surface area contributed by atoms with E-state index in [-0.39, 0.29) is 34.5 Å². The Morgan fingerprint density at radius 1 is 1.10 bits per heavy atom. The number of alkyl halides is 3. The zero-order chi connectivity index (χ0) is 36.3. The van der Waals surface area contributed by atoms with Gasteiger partial charge in [0, 0.05) is 24.5 Å². The summed E-state index contributed by atoms with van der Waals surface area (Å²) >= 11 is 6.18. The van der Waals surface area contributed by atoms with Crippen molar-refractivity contribution < 1.29 is 37.0 Å². The molecule has 0 spiro atoms. The highest BCUT2D eigenvalue weighted by Crippen LogP contribution is 2.37. The number of anilines is 3. The molecule has 11 nitrogen and oxygen atoms in total. The SMILES string of the molecule is C=CC(=O)Nc1cccc(Oc2nc(Nc3ccc(C4CCNCC4)cc3OC(F)(F)F)ncc2Cl)c1.CC(C)(C)OC(=O)N1C=CC=CC1. The van der Waals surface area contributed by atoms with E-state index in [4.69, 9.17) is 21.1 Å². The van der Waals surface area contributed by atoms with Gasteiger partial charge >= 0.3 is 12.5 Å². The second-order valence-electron chi connectivity index (χ2n) is 12.0. The predicted octanol–water partition coefficient (Wildman–Crippen LogP) is 8.46. The van der Waals surface area contributed by atoms with Crippen LogP contribution < -0.4 is 25.4 Å². The molecule has 5 rings (SSSR count). The smallest absolute Gasteiger partial charge is 0.443 e. The first-order valence-corrected chi connectivity index (χ1v) is 16.0. The summed E-state index contributed by atoms with van der Waals surface area (Å²) in [5.41, 5.74) is 0.813. The van der Waals surface area contributed by atoms with Crippen LogP contribution in [-0.2, 0) is 9.53 Å². The van der Waals surface area contributed by atoms with Gasteiger partial charge in [-0.3, -0.25) is 9.69 Å². The highest BCUT2D eigenvalue weighted by atomic mass is 35.5. The van der Waals surface area contributed by atoms with Crippen LogP contribution in [0, 0.1) is 0 Å².